The fourth-order valence-corrected chi connectivity index (χ4v) is 1.04. The highest BCUT2D eigenvalue weighted by Crippen LogP contribution is 2.10. The summed E-state index contributed by atoms with van der Waals surface area (Å²) in [6.07, 6.45) is -3.65. The van der Waals surface area contributed by atoms with Crippen LogP contribution in [0.2, 0.25) is 0 Å². The highest BCUT2D eigenvalue weighted by molar-refractivity contribution is 6.40. The smallest absolute Gasteiger partial charge is 0.378 e. The van der Waals surface area contributed by atoms with Crippen LogP contribution in [-0.2, 0) is 23.9 Å². The zero-order valence-corrected chi connectivity index (χ0v) is 10.8. The number of hydrogen-bond acceptors (Lipinski definition) is 6. The maximum absolute atomic E-state index is 13.4. The van der Waals surface area contributed by atoms with Crippen molar-refractivity contribution in [2.45, 2.75) is 45.0 Å². The molecule has 1 unspecified atom stereocenters. The molecule has 0 aromatic rings. The quantitative estimate of drug-likeness (QED) is 0.384. The first kappa shape index (κ1) is 17.2. The molecule has 0 heterocycles. The molecule has 0 spiro atoms. The number of ether oxygens (including phenoxy) is 1. The number of hydrogen-bond donors (Lipinski definition) is 2. The van der Waals surface area contributed by atoms with Gasteiger partial charge in [-0.2, -0.15) is 0 Å². The third-order valence-electron chi connectivity index (χ3n) is 1.84. The molecule has 0 aliphatic heterocycles. The van der Waals surface area contributed by atoms with Crippen LogP contribution < -0.4 is 5.73 Å². The number of carbonyl (C=O) groups excluding carboxylic acids is 3. The molecule has 0 amide bonds. The molecule has 0 aromatic carbocycles. The SMILES string of the molecule is CC(C)(C)OC(=O)C(=O)C(F)C(=O)[C@@H](N)CC(=O)O. The Labute approximate surface area is 108 Å². The van der Waals surface area contributed by atoms with E-state index in [0.717, 1.165) is 0 Å². The van der Waals surface area contributed by atoms with Crippen LogP contribution in [0.1, 0.15) is 27.2 Å². The van der Waals surface area contributed by atoms with Crippen molar-refractivity contribution in [3.8, 4) is 0 Å². The summed E-state index contributed by atoms with van der Waals surface area (Å²) in [6.45, 7) is 4.39. The van der Waals surface area contributed by atoms with Crippen molar-refractivity contribution in [3.05, 3.63) is 0 Å². The molecular weight excluding hydrogens is 261 g/mol. The number of aliphatic carboxylic acids is 1. The van der Waals surface area contributed by atoms with E-state index in [1.165, 1.54) is 20.8 Å². The minimum Gasteiger partial charge on any atom is -0.481 e. The van der Waals surface area contributed by atoms with Crippen LogP contribution in [0.4, 0.5) is 4.39 Å². The number of rotatable bonds is 6. The highest BCUT2D eigenvalue weighted by atomic mass is 19.1. The van der Waals surface area contributed by atoms with Gasteiger partial charge in [-0.25, -0.2) is 9.18 Å². The van der Waals surface area contributed by atoms with Crippen molar-refractivity contribution in [1.29, 1.82) is 0 Å². The highest BCUT2D eigenvalue weighted by Gasteiger charge is 2.37. The van der Waals surface area contributed by atoms with Crippen molar-refractivity contribution in [3.63, 3.8) is 0 Å². The predicted octanol–water partition coefficient (Wildman–Crippen LogP) is -0.394. The van der Waals surface area contributed by atoms with Gasteiger partial charge in [-0.15, -0.1) is 0 Å². The largest absolute Gasteiger partial charge is 0.481 e. The van der Waals surface area contributed by atoms with Gasteiger partial charge in [0.25, 0.3) is 5.78 Å². The molecule has 7 nitrogen and oxygen atoms in total. The summed E-state index contributed by atoms with van der Waals surface area (Å²) in [6, 6.07) is -1.70. The van der Waals surface area contributed by atoms with E-state index in [1.807, 2.05) is 0 Å². The third kappa shape index (κ3) is 6.05. The lowest BCUT2D eigenvalue weighted by Crippen LogP contribution is -2.45. The molecule has 0 rings (SSSR count). The maximum Gasteiger partial charge on any atom is 0.378 e. The lowest BCUT2D eigenvalue weighted by molar-refractivity contribution is -0.165. The molecule has 0 radical (unpaired) electrons. The normalized spacial score (nSPS) is 14.4. The Morgan fingerprint density at radius 2 is 1.74 bits per heavy atom. The standard InChI is InChI=1S/C11H16FNO6/c1-11(2,3)19-10(18)9(17)7(12)8(16)5(13)4-6(14)15/h5,7H,4,13H2,1-3H3,(H,14,15)/t5-,7?/m0/s1. The van der Waals surface area contributed by atoms with E-state index >= 15 is 0 Å². The van der Waals surface area contributed by atoms with Gasteiger partial charge >= 0.3 is 11.9 Å². The maximum atomic E-state index is 13.4. The molecule has 8 heteroatoms. The van der Waals surface area contributed by atoms with Crippen LogP contribution in [0.3, 0.4) is 0 Å². The monoisotopic (exact) mass is 277 g/mol. The summed E-state index contributed by atoms with van der Waals surface area (Å²) in [7, 11) is 0. The predicted molar refractivity (Wildman–Crippen MR) is 61.0 cm³/mol. The Kier molecular flexibility index (Phi) is 5.76. The van der Waals surface area contributed by atoms with Gasteiger partial charge < -0.3 is 15.6 Å². The molecule has 19 heavy (non-hydrogen) atoms. The molecule has 0 saturated heterocycles. The van der Waals surface area contributed by atoms with Gasteiger partial charge in [-0.1, -0.05) is 0 Å². The molecule has 0 aliphatic carbocycles. The number of nitrogens with two attached hydrogens (primary N) is 1. The number of Topliss-reactive ketones (excluding diaryl/α,β-unsaturated/α-hetero) is 2. The van der Waals surface area contributed by atoms with Gasteiger partial charge in [0.1, 0.15) is 5.60 Å². The lowest BCUT2D eigenvalue weighted by atomic mass is 10.0. The van der Waals surface area contributed by atoms with E-state index < -0.39 is 47.7 Å². The first-order valence-electron chi connectivity index (χ1n) is 5.38. The Morgan fingerprint density at radius 3 is 2.11 bits per heavy atom. The first-order valence-corrected chi connectivity index (χ1v) is 5.38. The number of carbonyl (C=O) groups is 4. The Bertz CT molecular complexity index is 400. The van der Waals surface area contributed by atoms with E-state index in [1.54, 1.807) is 0 Å². The minimum atomic E-state index is -2.82. The van der Waals surface area contributed by atoms with Crippen LogP contribution in [-0.4, -0.2) is 46.4 Å². The van der Waals surface area contributed by atoms with Crippen LogP contribution in [0.15, 0.2) is 0 Å². The summed E-state index contributed by atoms with van der Waals surface area (Å²) in [5.74, 6) is -6.08. The van der Waals surface area contributed by atoms with Gasteiger partial charge in [0, 0.05) is 0 Å². The molecule has 0 bridgehead atoms. The molecule has 2 atom stereocenters. The van der Waals surface area contributed by atoms with E-state index in [4.69, 9.17) is 10.8 Å². The summed E-state index contributed by atoms with van der Waals surface area (Å²) in [4.78, 5) is 44.1. The van der Waals surface area contributed by atoms with Gasteiger partial charge in [-0.05, 0) is 20.8 Å². The Hall–Kier alpha value is -1.83. The topological polar surface area (TPSA) is 124 Å². The molecule has 3 N–H and O–H groups in total. The molecular formula is C11H16FNO6. The number of alkyl halides is 1. The van der Waals surface area contributed by atoms with Crippen LogP contribution in [0.5, 0.6) is 0 Å². The van der Waals surface area contributed by atoms with E-state index in [-0.39, 0.29) is 0 Å². The Balaban J connectivity index is 4.69. The van der Waals surface area contributed by atoms with Gasteiger partial charge in [0.2, 0.25) is 6.17 Å². The number of halogens is 1. The summed E-state index contributed by atoms with van der Waals surface area (Å²) >= 11 is 0. The second-order valence-corrected chi connectivity index (χ2v) is 4.84. The van der Waals surface area contributed by atoms with E-state index in [2.05, 4.69) is 4.74 Å². The van der Waals surface area contributed by atoms with Crippen molar-refractivity contribution in [2.24, 2.45) is 5.73 Å². The van der Waals surface area contributed by atoms with Gasteiger partial charge in [0.15, 0.2) is 5.78 Å². The van der Waals surface area contributed by atoms with Crippen molar-refractivity contribution < 1.29 is 33.4 Å². The number of esters is 1. The van der Waals surface area contributed by atoms with Crippen molar-refractivity contribution in [1.82, 2.24) is 0 Å². The van der Waals surface area contributed by atoms with Gasteiger partial charge in [-0.3, -0.25) is 14.4 Å². The summed E-state index contributed by atoms with van der Waals surface area (Å²) < 4.78 is 18.0. The number of carboxylic acid groups (broad SMARTS) is 1. The molecule has 0 fully saturated rings. The summed E-state index contributed by atoms with van der Waals surface area (Å²) in [5, 5.41) is 8.38. The average Bonchev–Trinajstić information content (AvgIpc) is 2.22. The van der Waals surface area contributed by atoms with E-state index in [0.29, 0.717) is 0 Å². The lowest BCUT2D eigenvalue weighted by Gasteiger charge is -2.19. The zero-order valence-electron chi connectivity index (χ0n) is 10.8. The minimum absolute atomic E-state index is 0.832. The average molecular weight is 277 g/mol. The molecule has 0 aliphatic rings. The number of carboxylic acids is 1. The van der Waals surface area contributed by atoms with Crippen LogP contribution in [0.25, 0.3) is 0 Å². The zero-order chi connectivity index (χ0) is 15.4. The fourth-order valence-electron chi connectivity index (χ4n) is 1.04. The molecule has 108 valence electrons. The molecule has 0 saturated carbocycles. The molecule has 0 aromatic heterocycles. The fraction of sp³-hybridized carbons (Fsp3) is 0.636. The van der Waals surface area contributed by atoms with Crippen molar-refractivity contribution >= 4 is 23.5 Å². The van der Waals surface area contributed by atoms with Crippen molar-refractivity contribution in [2.75, 3.05) is 0 Å². The first-order chi connectivity index (χ1) is 8.45. The van der Waals surface area contributed by atoms with Gasteiger partial charge in [0.05, 0.1) is 12.5 Å². The second kappa shape index (κ2) is 6.37. The third-order valence-corrected chi connectivity index (χ3v) is 1.84. The van der Waals surface area contributed by atoms with E-state index in [9.17, 15) is 23.6 Å². The van der Waals surface area contributed by atoms with Crippen LogP contribution >= 0.6 is 0 Å². The summed E-state index contributed by atoms with van der Waals surface area (Å²) in [5.41, 5.74) is 4.09. The second-order valence-electron chi connectivity index (χ2n) is 4.84. The number of ketones is 2. The Morgan fingerprint density at radius 1 is 1.26 bits per heavy atom. The van der Waals surface area contributed by atoms with Crippen LogP contribution in [0, 0.1) is 0 Å².